The molecule has 0 radical (unpaired) electrons. The van der Waals surface area contributed by atoms with Gasteiger partial charge in [0.15, 0.2) is 0 Å². The van der Waals surface area contributed by atoms with Crippen LogP contribution >= 0.6 is 0 Å². The second-order valence-corrected chi connectivity index (χ2v) is 3.97. The van der Waals surface area contributed by atoms with Crippen molar-refractivity contribution in [2.45, 2.75) is 26.7 Å². The van der Waals surface area contributed by atoms with Crippen molar-refractivity contribution in [3.8, 4) is 0 Å². The largest absolute Gasteiger partial charge is 0.481 e. The predicted octanol–water partition coefficient (Wildman–Crippen LogP) is 0.966. The van der Waals surface area contributed by atoms with Gasteiger partial charge in [0.25, 0.3) is 0 Å². The number of amides is 1. The molecule has 1 saturated heterocycles. The third kappa shape index (κ3) is 2.47. The maximum Gasteiger partial charge on any atom is 0.306 e. The normalized spacial score (nSPS) is 20.6. The van der Waals surface area contributed by atoms with Gasteiger partial charge in [0.05, 0.1) is 5.92 Å². The number of likely N-dealkylation sites (tertiary alicyclic amines) is 1. The Morgan fingerprint density at radius 2 is 1.86 bits per heavy atom. The average Bonchev–Trinajstić information content (AvgIpc) is 2.16. The first-order chi connectivity index (χ1) is 6.52. The molecule has 0 spiro atoms. The van der Waals surface area contributed by atoms with Crippen molar-refractivity contribution >= 4 is 11.9 Å². The fourth-order valence-corrected chi connectivity index (χ4v) is 1.92. The number of hydrogen-bond acceptors (Lipinski definition) is 2. The first-order valence-electron chi connectivity index (χ1n) is 5.00. The molecule has 0 unspecified atom stereocenters. The Balaban J connectivity index is 2.43. The fraction of sp³-hybridized carbons (Fsp3) is 0.800. The summed E-state index contributed by atoms with van der Waals surface area (Å²) in [6, 6.07) is 0. The van der Waals surface area contributed by atoms with Crippen LogP contribution in [-0.4, -0.2) is 35.0 Å². The molecule has 80 valence electrons. The highest BCUT2D eigenvalue weighted by Crippen LogP contribution is 2.24. The molecule has 0 bridgehead atoms. The summed E-state index contributed by atoms with van der Waals surface area (Å²) in [7, 11) is 0. The van der Waals surface area contributed by atoms with Gasteiger partial charge in [0, 0.05) is 20.0 Å². The Morgan fingerprint density at radius 3 is 2.21 bits per heavy atom. The minimum atomic E-state index is -0.730. The first kappa shape index (κ1) is 11.0. The Hall–Kier alpha value is -1.06. The van der Waals surface area contributed by atoms with E-state index >= 15 is 0 Å². The number of hydrogen-bond donors (Lipinski definition) is 1. The van der Waals surface area contributed by atoms with Gasteiger partial charge in [0.1, 0.15) is 0 Å². The van der Waals surface area contributed by atoms with E-state index in [1.54, 1.807) is 18.7 Å². The van der Waals surface area contributed by atoms with Crippen LogP contribution in [0.3, 0.4) is 0 Å². The van der Waals surface area contributed by atoms with E-state index in [9.17, 15) is 9.59 Å². The van der Waals surface area contributed by atoms with Crippen molar-refractivity contribution in [1.29, 1.82) is 0 Å². The SMILES string of the molecule is CC(=O)N1CCC([C@H](C)C(=O)O)CC1. The summed E-state index contributed by atoms with van der Waals surface area (Å²) >= 11 is 0. The van der Waals surface area contributed by atoms with E-state index in [4.69, 9.17) is 5.11 Å². The fourth-order valence-electron chi connectivity index (χ4n) is 1.92. The molecule has 4 heteroatoms. The number of piperidine rings is 1. The molecule has 4 nitrogen and oxygen atoms in total. The summed E-state index contributed by atoms with van der Waals surface area (Å²) in [5.41, 5.74) is 0. The number of carboxylic acids is 1. The van der Waals surface area contributed by atoms with Crippen LogP contribution in [0.25, 0.3) is 0 Å². The molecule has 1 rings (SSSR count). The molecule has 0 aromatic carbocycles. The van der Waals surface area contributed by atoms with Crippen molar-refractivity contribution in [1.82, 2.24) is 4.90 Å². The summed E-state index contributed by atoms with van der Waals surface area (Å²) in [6.45, 7) is 4.71. The monoisotopic (exact) mass is 199 g/mol. The van der Waals surface area contributed by atoms with Crippen molar-refractivity contribution in [3.63, 3.8) is 0 Å². The number of aliphatic carboxylic acids is 1. The Labute approximate surface area is 83.9 Å². The van der Waals surface area contributed by atoms with E-state index in [0.717, 1.165) is 12.8 Å². The quantitative estimate of drug-likeness (QED) is 0.720. The van der Waals surface area contributed by atoms with Crippen LogP contribution in [0.15, 0.2) is 0 Å². The van der Waals surface area contributed by atoms with Crippen molar-refractivity contribution in [2.75, 3.05) is 13.1 Å². The lowest BCUT2D eigenvalue weighted by molar-refractivity contribution is -0.143. The minimum Gasteiger partial charge on any atom is -0.481 e. The zero-order valence-corrected chi connectivity index (χ0v) is 8.69. The maximum atomic E-state index is 11.0. The first-order valence-corrected chi connectivity index (χ1v) is 5.00. The van der Waals surface area contributed by atoms with E-state index in [0.29, 0.717) is 13.1 Å². The van der Waals surface area contributed by atoms with Crippen molar-refractivity contribution in [3.05, 3.63) is 0 Å². The Kier molecular flexibility index (Phi) is 3.49. The number of nitrogens with zero attached hydrogens (tertiary/aromatic N) is 1. The van der Waals surface area contributed by atoms with E-state index in [2.05, 4.69) is 0 Å². The van der Waals surface area contributed by atoms with Gasteiger partial charge in [-0.25, -0.2) is 0 Å². The number of carbonyl (C=O) groups is 2. The Morgan fingerprint density at radius 1 is 1.36 bits per heavy atom. The standard InChI is InChI=1S/C10H17NO3/c1-7(10(13)14)9-3-5-11(6-4-9)8(2)12/h7,9H,3-6H2,1-2H3,(H,13,14)/t7-/m0/s1. The summed E-state index contributed by atoms with van der Waals surface area (Å²) < 4.78 is 0. The van der Waals surface area contributed by atoms with Gasteiger partial charge in [-0.15, -0.1) is 0 Å². The second kappa shape index (κ2) is 4.44. The second-order valence-electron chi connectivity index (χ2n) is 3.97. The lowest BCUT2D eigenvalue weighted by Gasteiger charge is -2.32. The van der Waals surface area contributed by atoms with Crippen LogP contribution in [0.2, 0.25) is 0 Å². The number of carbonyl (C=O) groups excluding carboxylic acids is 1. The molecule has 1 atom stereocenters. The van der Waals surface area contributed by atoms with Gasteiger partial charge in [-0.2, -0.15) is 0 Å². The molecule has 1 N–H and O–H groups in total. The molecule has 1 amide bonds. The highest BCUT2D eigenvalue weighted by Gasteiger charge is 2.28. The smallest absolute Gasteiger partial charge is 0.306 e. The summed E-state index contributed by atoms with van der Waals surface area (Å²) in [5, 5.41) is 8.83. The van der Waals surface area contributed by atoms with E-state index in [1.807, 2.05) is 0 Å². The maximum absolute atomic E-state index is 11.0. The van der Waals surface area contributed by atoms with Gasteiger partial charge in [0.2, 0.25) is 5.91 Å². The molecule has 1 aliphatic heterocycles. The van der Waals surface area contributed by atoms with Crippen LogP contribution < -0.4 is 0 Å². The molecule has 0 saturated carbocycles. The molecular formula is C10H17NO3. The lowest BCUT2D eigenvalue weighted by atomic mass is 9.85. The molecule has 0 aromatic rings. The van der Waals surface area contributed by atoms with Gasteiger partial charge in [-0.05, 0) is 18.8 Å². The lowest BCUT2D eigenvalue weighted by Crippen LogP contribution is -2.39. The molecular weight excluding hydrogens is 182 g/mol. The molecule has 0 aromatic heterocycles. The molecule has 1 fully saturated rings. The molecule has 0 aliphatic carbocycles. The van der Waals surface area contributed by atoms with E-state index in [-0.39, 0.29) is 17.7 Å². The highest BCUT2D eigenvalue weighted by molar-refractivity contribution is 5.73. The van der Waals surface area contributed by atoms with Gasteiger partial charge >= 0.3 is 5.97 Å². The van der Waals surface area contributed by atoms with Crippen LogP contribution in [0.5, 0.6) is 0 Å². The van der Waals surface area contributed by atoms with Crippen molar-refractivity contribution in [2.24, 2.45) is 11.8 Å². The molecule has 14 heavy (non-hydrogen) atoms. The predicted molar refractivity (Wildman–Crippen MR) is 51.8 cm³/mol. The summed E-state index contributed by atoms with van der Waals surface area (Å²) in [6.07, 6.45) is 1.63. The van der Waals surface area contributed by atoms with Gasteiger partial charge < -0.3 is 10.0 Å². The third-order valence-corrected chi connectivity index (χ3v) is 3.08. The Bertz CT molecular complexity index is 232. The molecule has 1 heterocycles. The zero-order chi connectivity index (χ0) is 10.7. The molecule has 1 aliphatic rings. The number of carboxylic acid groups (broad SMARTS) is 1. The minimum absolute atomic E-state index is 0.0893. The summed E-state index contributed by atoms with van der Waals surface area (Å²) in [4.78, 5) is 23.5. The van der Waals surface area contributed by atoms with Crippen LogP contribution in [0.4, 0.5) is 0 Å². The van der Waals surface area contributed by atoms with Crippen LogP contribution in [0.1, 0.15) is 26.7 Å². The zero-order valence-electron chi connectivity index (χ0n) is 8.69. The van der Waals surface area contributed by atoms with Crippen molar-refractivity contribution < 1.29 is 14.7 Å². The van der Waals surface area contributed by atoms with Gasteiger partial charge in [-0.1, -0.05) is 6.92 Å². The number of rotatable bonds is 2. The third-order valence-electron chi connectivity index (χ3n) is 3.08. The van der Waals surface area contributed by atoms with Crippen LogP contribution in [-0.2, 0) is 9.59 Å². The summed E-state index contributed by atoms with van der Waals surface area (Å²) in [5.74, 6) is -0.704. The van der Waals surface area contributed by atoms with E-state index in [1.165, 1.54) is 0 Å². The van der Waals surface area contributed by atoms with Crippen LogP contribution in [0, 0.1) is 11.8 Å². The topological polar surface area (TPSA) is 57.6 Å². The van der Waals surface area contributed by atoms with Gasteiger partial charge in [-0.3, -0.25) is 9.59 Å². The average molecular weight is 199 g/mol. The highest BCUT2D eigenvalue weighted by atomic mass is 16.4. The van der Waals surface area contributed by atoms with E-state index < -0.39 is 5.97 Å².